The molecule has 1 aromatic heterocycles. The largest absolute Gasteiger partial charge is 0.497 e. The van der Waals surface area contributed by atoms with E-state index in [1.54, 1.807) is 7.11 Å². The minimum absolute atomic E-state index is 0.307. The van der Waals surface area contributed by atoms with E-state index in [4.69, 9.17) is 22.2 Å². The average Bonchev–Trinajstić information content (AvgIpc) is 2.47. The smallest absolute Gasteiger partial charge is 0.239 e. The lowest BCUT2D eigenvalue weighted by atomic mass is 10.2. The van der Waals surface area contributed by atoms with E-state index in [0.29, 0.717) is 23.3 Å². The number of methoxy groups -OCH3 is 1. The third kappa shape index (κ3) is 3.46. The summed E-state index contributed by atoms with van der Waals surface area (Å²) in [5.74, 6) is 6.90. The van der Waals surface area contributed by atoms with Crippen LogP contribution in [0, 0.1) is 0 Å². The molecule has 0 unspecified atom stereocenters. The molecular formula is C12H14ClN5O. The first-order valence-corrected chi connectivity index (χ1v) is 5.96. The first kappa shape index (κ1) is 13.4. The summed E-state index contributed by atoms with van der Waals surface area (Å²) in [7, 11) is 1.63. The molecule has 0 bridgehead atoms. The van der Waals surface area contributed by atoms with Crippen molar-refractivity contribution in [2.75, 3.05) is 17.9 Å². The van der Waals surface area contributed by atoms with E-state index in [1.165, 1.54) is 6.20 Å². The van der Waals surface area contributed by atoms with Gasteiger partial charge in [-0.3, -0.25) is 5.43 Å². The van der Waals surface area contributed by atoms with Crippen LogP contribution in [0.25, 0.3) is 0 Å². The minimum Gasteiger partial charge on any atom is -0.497 e. The molecule has 7 heteroatoms. The lowest BCUT2D eigenvalue weighted by molar-refractivity contribution is 0.414. The van der Waals surface area contributed by atoms with Gasteiger partial charge < -0.3 is 10.1 Å². The Morgan fingerprint density at radius 1 is 1.32 bits per heavy atom. The van der Waals surface area contributed by atoms with Crippen molar-refractivity contribution in [2.45, 2.75) is 6.54 Å². The maximum Gasteiger partial charge on any atom is 0.239 e. The van der Waals surface area contributed by atoms with E-state index in [0.717, 1.165) is 11.3 Å². The number of nitrogen functional groups attached to an aromatic ring is 1. The molecule has 0 spiro atoms. The molecule has 1 aromatic carbocycles. The highest BCUT2D eigenvalue weighted by Crippen LogP contribution is 2.20. The van der Waals surface area contributed by atoms with Crippen LogP contribution in [0.4, 0.5) is 11.8 Å². The first-order valence-electron chi connectivity index (χ1n) is 5.59. The average molecular weight is 280 g/mol. The Labute approximate surface area is 115 Å². The summed E-state index contributed by atoms with van der Waals surface area (Å²) in [5, 5.41) is 3.56. The highest BCUT2D eigenvalue weighted by atomic mass is 35.5. The molecule has 0 aliphatic heterocycles. The maximum absolute atomic E-state index is 5.99. The van der Waals surface area contributed by atoms with Gasteiger partial charge in [-0.2, -0.15) is 4.98 Å². The molecule has 0 radical (unpaired) electrons. The van der Waals surface area contributed by atoms with Crippen LogP contribution in [0.2, 0.25) is 5.02 Å². The molecule has 0 atom stereocenters. The van der Waals surface area contributed by atoms with Crippen LogP contribution in [0.15, 0.2) is 30.5 Å². The summed E-state index contributed by atoms with van der Waals surface area (Å²) in [5.41, 5.74) is 3.45. The predicted molar refractivity (Wildman–Crippen MR) is 75.2 cm³/mol. The second kappa shape index (κ2) is 6.21. The van der Waals surface area contributed by atoms with Crippen LogP contribution in [0.1, 0.15) is 5.56 Å². The fraction of sp³-hybridized carbons (Fsp3) is 0.167. The molecule has 1 heterocycles. The van der Waals surface area contributed by atoms with Crippen LogP contribution in [-0.4, -0.2) is 17.1 Å². The van der Waals surface area contributed by atoms with Crippen molar-refractivity contribution in [3.63, 3.8) is 0 Å². The number of hydrogen-bond acceptors (Lipinski definition) is 6. The zero-order valence-electron chi connectivity index (χ0n) is 10.4. The van der Waals surface area contributed by atoms with Gasteiger partial charge in [-0.15, -0.1) is 0 Å². The molecule has 100 valence electrons. The Morgan fingerprint density at radius 2 is 2.05 bits per heavy atom. The number of ether oxygens (including phenoxy) is 1. The molecule has 6 nitrogen and oxygen atoms in total. The topological polar surface area (TPSA) is 85.1 Å². The van der Waals surface area contributed by atoms with Gasteiger partial charge in [-0.1, -0.05) is 23.7 Å². The van der Waals surface area contributed by atoms with Crippen molar-refractivity contribution >= 4 is 23.4 Å². The number of aromatic nitrogens is 2. The Morgan fingerprint density at radius 3 is 2.68 bits per heavy atom. The summed E-state index contributed by atoms with van der Waals surface area (Å²) in [6.07, 6.45) is 1.49. The molecule has 0 amide bonds. The Balaban J connectivity index is 2.05. The van der Waals surface area contributed by atoms with Gasteiger partial charge in [0.15, 0.2) is 5.82 Å². The van der Waals surface area contributed by atoms with Crippen LogP contribution >= 0.6 is 11.6 Å². The van der Waals surface area contributed by atoms with Gasteiger partial charge in [0.05, 0.1) is 13.3 Å². The standard InChI is InChI=1S/C12H14ClN5O/c1-19-9-4-2-8(3-5-9)6-15-11-10(13)7-16-12(17-11)18-14/h2-5,7H,6,14H2,1H3,(H2,15,16,17,18). The Bertz CT molecular complexity index is 546. The number of hydrogen-bond donors (Lipinski definition) is 3. The third-order valence-corrected chi connectivity index (χ3v) is 2.77. The number of nitrogens with one attached hydrogen (secondary N) is 2. The lowest BCUT2D eigenvalue weighted by Gasteiger charge is -2.09. The molecule has 19 heavy (non-hydrogen) atoms. The molecule has 0 saturated carbocycles. The molecule has 2 aromatic rings. The van der Waals surface area contributed by atoms with Crippen molar-refractivity contribution in [3.05, 3.63) is 41.0 Å². The molecule has 0 aliphatic rings. The summed E-state index contributed by atoms with van der Waals surface area (Å²) < 4.78 is 5.10. The van der Waals surface area contributed by atoms with E-state index in [9.17, 15) is 0 Å². The molecule has 0 saturated heterocycles. The summed E-state index contributed by atoms with van der Waals surface area (Å²) in [6, 6.07) is 7.71. The summed E-state index contributed by atoms with van der Waals surface area (Å²) >= 11 is 5.99. The van der Waals surface area contributed by atoms with E-state index < -0.39 is 0 Å². The Hall–Kier alpha value is -2.05. The number of nitrogens with zero attached hydrogens (tertiary/aromatic N) is 2. The van der Waals surface area contributed by atoms with Crippen molar-refractivity contribution in [2.24, 2.45) is 5.84 Å². The van der Waals surface area contributed by atoms with Crippen molar-refractivity contribution in [1.82, 2.24) is 9.97 Å². The van der Waals surface area contributed by atoms with E-state index in [-0.39, 0.29) is 0 Å². The van der Waals surface area contributed by atoms with E-state index in [2.05, 4.69) is 20.7 Å². The zero-order valence-corrected chi connectivity index (χ0v) is 11.1. The lowest BCUT2D eigenvalue weighted by Crippen LogP contribution is -2.12. The molecule has 0 aliphatic carbocycles. The molecule has 0 fully saturated rings. The van der Waals surface area contributed by atoms with E-state index in [1.807, 2.05) is 24.3 Å². The van der Waals surface area contributed by atoms with Crippen molar-refractivity contribution in [1.29, 1.82) is 0 Å². The quantitative estimate of drug-likeness (QED) is 0.574. The summed E-state index contributed by atoms with van der Waals surface area (Å²) in [6.45, 7) is 0.588. The maximum atomic E-state index is 5.99. The number of benzene rings is 1. The zero-order chi connectivity index (χ0) is 13.7. The van der Waals surface area contributed by atoms with Crippen LogP contribution < -0.4 is 21.3 Å². The van der Waals surface area contributed by atoms with Gasteiger partial charge >= 0.3 is 0 Å². The number of anilines is 2. The second-order valence-electron chi connectivity index (χ2n) is 3.74. The minimum atomic E-state index is 0.307. The first-order chi connectivity index (χ1) is 9.22. The fourth-order valence-corrected chi connectivity index (χ4v) is 1.65. The molecule has 4 N–H and O–H groups in total. The number of hydrazine groups is 1. The van der Waals surface area contributed by atoms with E-state index >= 15 is 0 Å². The SMILES string of the molecule is COc1ccc(CNc2nc(NN)ncc2Cl)cc1. The van der Waals surface area contributed by atoms with Gasteiger partial charge in [0.25, 0.3) is 0 Å². The van der Waals surface area contributed by atoms with Crippen molar-refractivity contribution < 1.29 is 4.74 Å². The highest BCUT2D eigenvalue weighted by molar-refractivity contribution is 6.32. The van der Waals surface area contributed by atoms with Crippen LogP contribution in [-0.2, 0) is 6.54 Å². The molecular weight excluding hydrogens is 266 g/mol. The van der Waals surface area contributed by atoms with Crippen molar-refractivity contribution in [3.8, 4) is 5.75 Å². The monoisotopic (exact) mass is 279 g/mol. The molecule has 2 rings (SSSR count). The van der Waals surface area contributed by atoms with Gasteiger partial charge in [0.1, 0.15) is 10.8 Å². The second-order valence-corrected chi connectivity index (χ2v) is 4.14. The van der Waals surface area contributed by atoms with Crippen LogP contribution in [0.5, 0.6) is 5.75 Å². The van der Waals surface area contributed by atoms with Gasteiger partial charge in [0.2, 0.25) is 5.95 Å². The number of halogens is 1. The summed E-state index contributed by atoms with van der Waals surface area (Å²) in [4.78, 5) is 8.02. The Kier molecular flexibility index (Phi) is 4.38. The van der Waals surface area contributed by atoms with Gasteiger partial charge in [0, 0.05) is 6.54 Å². The van der Waals surface area contributed by atoms with Gasteiger partial charge in [-0.05, 0) is 17.7 Å². The fourth-order valence-electron chi connectivity index (χ4n) is 1.49. The number of nitrogens with two attached hydrogens (primary N) is 1. The van der Waals surface area contributed by atoms with Crippen LogP contribution in [0.3, 0.4) is 0 Å². The highest BCUT2D eigenvalue weighted by Gasteiger charge is 2.04. The normalized spacial score (nSPS) is 10.1. The number of rotatable bonds is 5. The van der Waals surface area contributed by atoms with Gasteiger partial charge in [-0.25, -0.2) is 10.8 Å². The third-order valence-electron chi connectivity index (χ3n) is 2.49. The predicted octanol–water partition coefficient (Wildman–Crippen LogP) is 2.04.